The van der Waals surface area contributed by atoms with E-state index in [1.54, 1.807) is 22.7 Å². The largest absolute Gasteiger partial charge is 0.384 e. The Labute approximate surface area is 138 Å². The predicted octanol–water partition coefficient (Wildman–Crippen LogP) is 3.79. The number of hydrogen-bond donors (Lipinski definition) is 2. The summed E-state index contributed by atoms with van der Waals surface area (Å²) in [7, 11) is 0. The fraction of sp³-hybridized carbons (Fsp3) is 0.353. The van der Waals surface area contributed by atoms with Crippen molar-refractivity contribution in [1.82, 2.24) is 10.3 Å². The van der Waals surface area contributed by atoms with Gasteiger partial charge in [0.15, 0.2) is 0 Å². The Hall–Kier alpha value is -1.27. The van der Waals surface area contributed by atoms with Crippen molar-refractivity contribution in [3.8, 4) is 0 Å². The van der Waals surface area contributed by atoms with Gasteiger partial charge in [-0.05, 0) is 48.4 Å². The van der Waals surface area contributed by atoms with Gasteiger partial charge in [0.05, 0.1) is 20.8 Å². The molecule has 2 aromatic heterocycles. The van der Waals surface area contributed by atoms with E-state index in [1.807, 2.05) is 35.9 Å². The van der Waals surface area contributed by atoms with Gasteiger partial charge < -0.3 is 10.4 Å². The molecule has 0 fully saturated rings. The number of fused-ring (bicyclic) bond motifs is 1. The number of thiophene rings is 1. The molecule has 0 amide bonds. The third-order valence-electron chi connectivity index (χ3n) is 3.76. The molecule has 3 nitrogen and oxygen atoms in total. The SMILES string of the molecule is CC(Cc1nc2ccccc2s1)NCC(C)(O)c1ccsc1. The van der Waals surface area contributed by atoms with Crippen LogP contribution in [0.25, 0.3) is 10.2 Å². The zero-order valence-electron chi connectivity index (χ0n) is 12.7. The molecule has 2 N–H and O–H groups in total. The number of nitrogens with zero attached hydrogens (tertiary/aromatic N) is 1. The van der Waals surface area contributed by atoms with Gasteiger partial charge in [0, 0.05) is 19.0 Å². The maximum atomic E-state index is 10.5. The lowest BCUT2D eigenvalue weighted by atomic mass is 9.99. The second-order valence-electron chi connectivity index (χ2n) is 5.85. The Bertz CT molecular complexity index is 701. The van der Waals surface area contributed by atoms with Crippen LogP contribution in [0, 0.1) is 0 Å². The Kier molecular flexibility index (Phi) is 4.59. The molecule has 0 aliphatic rings. The first-order chi connectivity index (χ1) is 10.5. The predicted molar refractivity (Wildman–Crippen MR) is 94.7 cm³/mol. The number of hydrogen-bond acceptors (Lipinski definition) is 5. The van der Waals surface area contributed by atoms with E-state index in [0.717, 1.165) is 22.5 Å². The van der Waals surface area contributed by atoms with Gasteiger partial charge in [0.1, 0.15) is 0 Å². The Morgan fingerprint density at radius 2 is 2.14 bits per heavy atom. The topological polar surface area (TPSA) is 45.2 Å². The third kappa shape index (κ3) is 3.55. The quantitative estimate of drug-likeness (QED) is 0.722. The van der Waals surface area contributed by atoms with E-state index in [2.05, 4.69) is 29.4 Å². The molecule has 116 valence electrons. The number of rotatable bonds is 6. The normalized spacial score (nSPS) is 15.8. The van der Waals surface area contributed by atoms with E-state index in [0.29, 0.717) is 6.54 Å². The second kappa shape index (κ2) is 6.46. The molecule has 2 heterocycles. The Morgan fingerprint density at radius 1 is 1.32 bits per heavy atom. The Morgan fingerprint density at radius 3 is 2.86 bits per heavy atom. The molecule has 0 aliphatic heterocycles. The summed E-state index contributed by atoms with van der Waals surface area (Å²) >= 11 is 3.35. The van der Waals surface area contributed by atoms with Gasteiger partial charge >= 0.3 is 0 Å². The van der Waals surface area contributed by atoms with Crippen molar-refractivity contribution in [2.75, 3.05) is 6.54 Å². The van der Waals surface area contributed by atoms with Crippen molar-refractivity contribution in [1.29, 1.82) is 0 Å². The first-order valence-electron chi connectivity index (χ1n) is 7.37. The van der Waals surface area contributed by atoms with Crippen LogP contribution in [0.1, 0.15) is 24.4 Å². The number of nitrogens with one attached hydrogen (secondary N) is 1. The molecule has 1 aromatic carbocycles. The highest BCUT2D eigenvalue weighted by atomic mass is 32.1. The summed E-state index contributed by atoms with van der Waals surface area (Å²) in [6, 6.07) is 10.5. The van der Waals surface area contributed by atoms with Gasteiger partial charge in [0.2, 0.25) is 0 Å². The van der Waals surface area contributed by atoms with E-state index in [-0.39, 0.29) is 6.04 Å². The summed E-state index contributed by atoms with van der Waals surface area (Å²) in [4.78, 5) is 4.66. The molecule has 0 aliphatic carbocycles. The fourth-order valence-electron chi connectivity index (χ4n) is 2.39. The summed E-state index contributed by atoms with van der Waals surface area (Å²) in [5.74, 6) is 0. The van der Waals surface area contributed by atoms with Crippen LogP contribution < -0.4 is 5.32 Å². The maximum Gasteiger partial charge on any atom is 0.1000 e. The zero-order chi connectivity index (χ0) is 15.6. The van der Waals surface area contributed by atoms with Crippen LogP contribution in [0.2, 0.25) is 0 Å². The molecule has 22 heavy (non-hydrogen) atoms. The summed E-state index contributed by atoms with van der Waals surface area (Å²) in [5, 5.41) is 19.1. The van der Waals surface area contributed by atoms with E-state index < -0.39 is 5.60 Å². The highest BCUT2D eigenvalue weighted by molar-refractivity contribution is 7.18. The minimum atomic E-state index is -0.831. The van der Waals surface area contributed by atoms with Crippen molar-refractivity contribution < 1.29 is 5.11 Å². The summed E-state index contributed by atoms with van der Waals surface area (Å²) in [5.41, 5.74) is 1.21. The first kappa shape index (κ1) is 15.6. The van der Waals surface area contributed by atoms with E-state index >= 15 is 0 Å². The molecule has 2 atom stereocenters. The minimum Gasteiger partial charge on any atom is -0.384 e. The van der Waals surface area contributed by atoms with Gasteiger partial charge in [-0.1, -0.05) is 12.1 Å². The molecule has 0 saturated carbocycles. The molecule has 3 aromatic rings. The van der Waals surface area contributed by atoms with Crippen molar-refractivity contribution in [3.63, 3.8) is 0 Å². The molecular weight excluding hydrogens is 312 g/mol. The molecule has 0 saturated heterocycles. The van der Waals surface area contributed by atoms with Crippen molar-refractivity contribution in [2.45, 2.75) is 31.9 Å². The Balaban J connectivity index is 1.59. The standard InChI is InChI=1S/C17H20N2OS2/c1-12(18-11-17(2,20)13-7-8-21-10-13)9-16-19-14-5-3-4-6-15(14)22-16/h3-8,10,12,18,20H,9,11H2,1-2H3. The van der Waals surface area contributed by atoms with Crippen LogP contribution >= 0.6 is 22.7 Å². The van der Waals surface area contributed by atoms with Crippen molar-refractivity contribution in [2.24, 2.45) is 0 Å². The molecule has 0 radical (unpaired) electrons. The fourth-order valence-corrected chi connectivity index (χ4v) is 4.27. The minimum absolute atomic E-state index is 0.269. The van der Waals surface area contributed by atoms with Gasteiger partial charge in [-0.3, -0.25) is 0 Å². The van der Waals surface area contributed by atoms with Crippen LogP contribution in [0.3, 0.4) is 0 Å². The molecule has 2 unspecified atom stereocenters. The smallest absolute Gasteiger partial charge is 0.1000 e. The maximum absolute atomic E-state index is 10.5. The van der Waals surface area contributed by atoms with Gasteiger partial charge in [-0.15, -0.1) is 11.3 Å². The molecule has 0 spiro atoms. The summed E-state index contributed by atoms with van der Waals surface area (Å²) in [6.45, 7) is 4.53. The van der Waals surface area contributed by atoms with E-state index in [4.69, 9.17) is 0 Å². The summed E-state index contributed by atoms with van der Waals surface area (Å²) in [6.07, 6.45) is 0.874. The van der Waals surface area contributed by atoms with E-state index in [1.165, 1.54) is 4.70 Å². The average Bonchev–Trinajstić information content (AvgIpc) is 3.14. The van der Waals surface area contributed by atoms with Crippen molar-refractivity contribution >= 4 is 32.9 Å². The molecule has 5 heteroatoms. The lowest BCUT2D eigenvalue weighted by Crippen LogP contribution is -2.40. The number of thiazole rings is 1. The lowest BCUT2D eigenvalue weighted by Gasteiger charge is -2.25. The van der Waals surface area contributed by atoms with Gasteiger partial charge in [-0.25, -0.2) is 4.98 Å². The number of aliphatic hydroxyl groups is 1. The van der Waals surface area contributed by atoms with E-state index in [9.17, 15) is 5.11 Å². The molecule has 0 bridgehead atoms. The van der Waals surface area contributed by atoms with Crippen LogP contribution in [0.4, 0.5) is 0 Å². The van der Waals surface area contributed by atoms with Gasteiger partial charge in [-0.2, -0.15) is 11.3 Å². The van der Waals surface area contributed by atoms with Gasteiger partial charge in [0.25, 0.3) is 0 Å². The molecular formula is C17H20N2OS2. The lowest BCUT2D eigenvalue weighted by molar-refractivity contribution is 0.0548. The highest BCUT2D eigenvalue weighted by Crippen LogP contribution is 2.24. The average molecular weight is 332 g/mol. The van der Waals surface area contributed by atoms with Crippen LogP contribution in [0.5, 0.6) is 0 Å². The molecule has 3 rings (SSSR count). The number of para-hydroxylation sites is 1. The second-order valence-corrected chi connectivity index (χ2v) is 7.74. The third-order valence-corrected chi connectivity index (χ3v) is 5.50. The van der Waals surface area contributed by atoms with Crippen molar-refractivity contribution in [3.05, 3.63) is 51.7 Å². The number of aromatic nitrogens is 1. The first-order valence-corrected chi connectivity index (χ1v) is 9.13. The van der Waals surface area contributed by atoms with Crippen LogP contribution in [0.15, 0.2) is 41.1 Å². The summed E-state index contributed by atoms with van der Waals surface area (Å²) < 4.78 is 1.23. The zero-order valence-corrected chi connectivity index (χ0v) is 14.4. The van der Waals surface area contributed by atoms with Crippen LogP contribution in [-0.2, 0) is 12.0 Å². The number of benzene rings is 1. The highest BCUT2D eigenvalue weighted by Gasteiger charge is 2.24. The monoisotopic (exact) mass is 332 g/mol. The van der Waals surface area contributed by atoms with Crippen LogP contribution in [-0.4, -0.2) is 22.7 Å².